The Morgan fingerprint density at radius 2 is 2.33 bits per heavy atom. The van der Waals surface area contributed by atoms with Gasteiger partial charge in [0.1, 0.15) is 5.69 Å². The van der Waals surface area contributed by atoms with E-state index in [-0.39, 0.29) is 0 Å². The smallest absolute Gasteiger partial charge is 0.354 e. The summed E-state index contributed by atoms with van der Waals surface area (Å²) < 4.78 is 1.64. The zero-order valence-corrected chi connectivity index (χ0v) is 12.0. The number of aromatic carboxylic acids is 1. The van der Waals surface area contributed by atoms with Crippen molar-refractivity contribution >= 4 is 5.97 Å². The summed E-state index contributed by atoms with van der Waals surface area (Å²) in [5.74, 6) is -0.897. The Kier molecular flexibility index (Phi) is 3.70. The topological polar surface area (TPSA) is 80.0 Å². The molecule has 2 heterocycles. The Balaban J connectivity index is 2.05. The minimum absolute atomic E-state index is 0.337. The fraction of sp³-hybridized carbons (Fsp3) is 0.400. The minimum Gasteiger partial charge on any atom is -0.477 e. The largest absolute Gasteiger partial charge is 0.477 e. The van der Waals surface area contributed by atoms with Crippen molar-refractivity contribution in [2.24, 2.45) is 0 Å². The fourth-order valence-electron chi connectivity index (χ4n) is 2.88. The Morgan fingerprint density at radius 1 is 1.48 bits per heavy atom. The molecule has 2 aromatic heterocycles. The summed E-state index contributed by atoms with van der Waals surface area (Å²) in [6.07, 6.45) is 5.95. The van der Waals surface area contributed by atoms with E-state index in [1.165, 1.54) is 0 Å². The van der Waals surface area contributed by atoms with Crippen LogP contribution in [0.2, 0.25) is 0 Å². The van der Waals surface area contributed by atoms with Crippen molar-refractivity contribution in [1.82, 2.24) is 20.1 Å². The predicted octanol–water partition coefficient (Wildman–Crippen LogP) is 1.35. The SMILES string of the molecule is CNCCCn1nc2c(c1C(=O)O)CCc1cnccc1-2. The number of fused-ring (bicyclic) bond motifs is 3. The molecule has 0 saturated carbocycles. The highest BCUT2D eigenvalue weighted by Crippen LogP contribution is 2.34. The van der Waals surface area contributed by atoms with Crippen molar-refractivity contribution < 1.29 is 9.90 Å². The standard InChI is InChI=1S/C15H18N4O2/c1-16-6-2-8-19-14(15(20)21)12-4-3-10-9-17-7-5-11(10)13(12)18-19/h5,7,9,16H,2-4,6,8H2,1H3,(H,20,21). The van der Waals surface area contributed by atoms with Gasteiger partial charge in [0.15, 0.2) is 0 Å². The summed E-state index contributed by atoms with van der Waals surface area (Å²) in [5.41, 5.74) is 4.15. The van der Waals surface area contributed by atoms with Crippen molar-refractivity contribution in [3.8, 4) is 11.3 Å². The lowest BCUT2D eigenvalue weighted by Gasteiger charge is -2.14. The number of nitrogens with one attached hydrogen (secondary N) is 1. The third-order valence-corrected chi connectivity index (χ3v) is 3.85. The number of hydrogen-bond donors (Lipinski definition) is 2. The van der Waals surface area contributed by atoms with Crippen LogP contribution in [0.15, 0.2) is 18.5 Å². The van der Waals surface area contributed by atoms with Gasteiger partial charge in [0, 0.05) is 30.1 Å². The first-order chi connectivity index (χ1) is 10.2. The zero-order chi connectivity index (χ0) is 14.8. The lowest BCUT2D eigenvalue weighted by molar-refractivity contribution is 0.0681. The molecule has 21 heavy (non-hydrogen) atoms. The van der Waals surface area contributed by atoms with E-state index < -0.39 is 5.97 Å². The molecule has 0 atom stereocenters. The quantitative estimate of drug-likeness (QED) is 0.811. The number of aryl methyl sites for hydroxylation is 2. The second kappa shape index (κ2) is 5.65. The van der Waals surface area contributed by atoms with Gasteiger partial charge < -0.3 is 10.4 Å². The molecule has 6 heteroatoms. The summed E-state index contributed by atoms with van der Waals surface area (Å²) in [7, 11) is 1.88. The van der Waals surface area contributed by atoms with Crippen LogP contribution in [0, 0.1) is 0 Å². The molecule has 0 unspecified atom stereocenters. The second-order valence-electron chi connectivity index (χ2n) is 5.19. The van der Waals surface area contributed by atoms with Gasteiger partial charge in [-0.25, -0.2) is 4.79 Å². The molecule has 0 radical (unpaired) electrons. The second-order valence-corrected chi connectivity index (χ2v) is 5.19. The first kappa shape index (κ1) is 13.8. The van der Waals surface area contributed by atoms with Crippen LogP contribution in [0.1, 0.15) is 28.0 Å². The van der Waals surface area contributed by atoms with Crippen LogP contribution >= 0.6 is 0 Å². The number of carbonyl (C=O) groups is 1. The lowest BCUT2D eigenvalue weighted by Crippen LogP contribution is -2.16. The number of carboxylic acids is 1. The van der Waals surface area contributed by atoms with Crippen molar-refractivity contribution in [2.75, 3.05) is 13.6 Å². The van der Waals surface area contributed by atoms with Crippen LogP contribution in [0.3, 0.4) is 0 Å². The molecule has 1 aliphatic rings. The zero-order valence-electron chi connectivity index (χ0n) is 12.0. The maximum atomic E-state index is 11.6. The van der Waals surface area contributed by atoms with Gasteiger partial charge in [0.2, 0.25) is 0 Å². The maximum absolute atomic E-state index is 11.6. The van der Waals surface area contributed by atoms with Gasteiger partial charge in [-0.2, -0.15) is 5.10 Å². The van der Waals surface area contributed by atoms with Gasteiger partial charge in [-0.05, 0) is 44.5 Å². The van der Waals surface area contributed by atoms with Gasteiger partial charge in [0.05, 0.1) is 5.69 Å². The molecule has 0 saturated heterocycles. The maximum Gasteiger partial charge on any atom is 0.354 e. The first-order valence-corrected chi connectivity index (χ1v) is 7.13. The van der Waals surface area contributed by atoms with Crippen LogP contribution in [0.5, 0.6) is 0 Å². The normalized spacial score (nSPS) is 12.8. The molecule has 110 valence electrons. The van der Waals surface area contributed by atoms with Gasteiger partial charge >= 0.3 is 5.97 Å². The fourth-order valence-corrected chi connectivity index (χ4v) is 2.88. The Labute approximate surface area is 122 Å². The van der Waals surface area contributed by atoms with E-state index in [2.05, 4.69) is 15.4 Å². The van der Waals surface area contributed by atoms with E-state index in [0.717, 1.165) is 41.8 Å². The first-order valence-electron chi connectivity index (χ1n) is 7.13. The molecule has 0 amide bonds. The van der Waals surface area contributed by atoms with Crippen molar-refractivity contribution in [3.05, 3.63) is 35.3 Å². The predicted molar refractivity (Wildman–Crippen MR) is 78.4 cm³/mol. The molecule has 3 rings (SSSR count). The Bertz CT molecular complexity index is 678. The number of nitrogens with zero attached hydrogens (tertiary/aromatic N) is 3. The van der Waals surface area contributed by atoms with Crippen molar-refractivity contribution in [2.45, 2.75) is 25.8 Å². The van der Waals surface area contributed by atoms with Crippen molar-refractivity contribution in [1.29, 1.82) is 0 Å². The molecule has 1 aliphatic carbocycles. The number of carboxylic acid groups (broad SMARTS) is 1. The summed E-state index contributed by atoms with van der Waals surface area (Å²) in [5, 5.41) is 17.2. The van der Waals surface area contributed by atoms with Crippen LogP contribution in [-0.4, -0.2) is 39.4 Å². The molecule has 0 spiro atoms. The van der Waals surface area contributed by atoms with E-state index in [0.29, 0.717) is 18.7 Å². The molecular formula is C15H18N4O2. The third kappa shape index (κ3) is 2.42. The molecule has 0 aliphatic heterocycles. The van der Waals surface area contributed by atoms with E-state index in [1.807, 2.05) is 19.3 Å². The van der Waals surface area contributed by atoms with Crippen LogP contribution in [-0.2, 0) is 19.4 Å². The van der Waals surface area contributed by atoms with Crippen LogP contribution in [0.25, 0.3) is 11.3 Å². The number of aromatic nitrogens is 3. The third-order valence-electron chi connectivity index (χ3n) is 3.85. The highest BCUT2D eigenvalue weighted by Gasteiger charge is 2.27. The summed E-state index contributed by atoms with van der Waals surface area (Å²) in [6.45, 7) is 1.44. The summed E-state index contributed by atoms with van der Waals surface area (Å²) >= 11 is 0. The minimum atomic E-state index is -0.897. The molecule has 2 aromatic rings. The highest BCUT2D eigenvalue weighted by molar-refractivity contribution is 5.90. The molecule has 2 N–H and O–H groups in total. The number of rotatable bonds is 5. The molecule has 0 fully saturated rings. The molecule has 6 nitrogen and oxygen atoms in total. The lowest BCUT2D eigenvalue weighted by atomic mass is 9.90. The van der Waals surface area contributed by atoms with E-state index in [4.69, 9.17) is 0 Å². The number of hydrogen-bond acceptors (Lipinski definition) is 4. The van der Waals surface area contributed by atoms with Gasteiger partial charge in [-0.15, -0.1) is 0 Å². The highest BCUT2D eigenvalue weighted by atomic mass is 16.4. The summed E-state index contributed by atoms with van der Waals surface area (Å²) in [4.78, 5) is 15.7. The Hall–Kier alpha value is -2.21. The van der Waals surface area contributed by atoms with Gasteiger partial charge in [-0.3, -0.25) is 9.67 Å². The van der Waals surface area contributed by atoms with Gasteiger partial charge in [-0.1, -0.05) is 0 Å². The van der Waals surface area contributed by atoms with E-state index in [9.17, 15) is 9.90 Å². The number of pyridine rings is 1. The van der Waals surface area contributed by atoms with Crippen LogP contribution in [0.4, 0.5) is 0 Å². The molecular weight excluding hydrogens is 268 g/mol. The van der Waals surface area contributed by atoms with Crippen molar-refractivity contribution in [3.63, 3.8) is 0 Å². The van der Waals surface area contributed by atoms with Crippen LogP contribution < -0.4 is 5.32 Å². The average Bonchev–Trinajstić information content (AvgIpc) is 2.86. The molecule has 0 bridgehead atoms. The monoisotopic (exact) mass is 286 g/mol. The van der Waals surface area contributed by atoms with Gasteiger partial charge in [0.25, 0.3) is 0 Å². The summed E-state index contributed by atoms with van der Waals surface area (Å²) in [6, 6.07) is 1.92. The van der Waals surface area contributed by atoms with E-state index in [1.54, 1.807) is 10.9 Å². The van der Waals surface area contributed by atoms with E-state index >= 15 is 0 Å². The molecule has 0 aromatic carbocycles. The average molecular weight is 286 g/mol. The Morgan fingerprint density at radius 3 is 3.10 bits per heavy atom.